The lowest BCUT2D eigenvalue weighted by atomic mass is 10.2. The van der Waals surface area contributed by atoms with Gasteiger partial charge < -0.3 is 19.0 Å². The Morgan fingerprint density at radius 3 is 2.94 bits per heavy atom. The maximum atomic E-state index is 12.6. The third kappa shape index (κ3) is 3.80. The molecule has 0 bridgehead atoms. The smallest absolute Gasteiger partial charge is 0.253 e. The Labute approximate surface area is 188 Å². The summed E-state index contributed by atoms with van der Waals surface area (Å²) in [5, 5.41) is 8.14. The molecule has 1 aromatic carbocycles. The van der Waals surface area contributed by atoms with E-state index in [1.165, 1.54) is 25.7 Å². The molecule has 3 aromatic heterocycles. The summed E-state index contributed by atoms with van der Waals surface area (Å²) in [7, 11) is 0. The summed E-state index contributed by atoms with van der Waals surface area (Å²) < 4.78 is 10.8. The van der Waals surface area contributed by atoms with Crippen LogP contribution < -0.4 is 5.32 Å². The van der Waals surface area contributed by atoms with Crippen molar-refractivity contribution < 1.29 is 9.32 Å². The highest BCUT2D eigenvalue weighted by Gasteiger charge is 2.19. The number of amides is 1. The number of nitrogens with zero attached hydrogens (tertiary/aromatic N) is 4. The van der Waals surface area contributed by atoms with Crippen LogP contribution in [-0.4, -0.2) is 25.2 Å². The zero-order valence-electron chi connectivity index (χ0n) is 17.3. The standard InChI is InChI=1S/C23H24BrN5O2/c1-2-29-19-9-5-8-18(24)17(19)12-20(29)22-26-21(31-27-22)13-25-23(30)15-10-11-28(14-15)16-6-3-4-7-16/h5,8-12,14,16H,2-4,6-7,13H2,1H3,(H,25,30). The number of halogens is 1. The van der Waals surface area contributed by atoms with E-state index in [1.807, 2.05) is 30.6 Å². The van der Waals surface area contributed by atoms with Gasteiger partial charge in [0.05, 0.1) is 17.8 Å². The zero-order valence-corrected chi connectivity index (χ0v) is 18.9. The molecule has 0 atom stereocenters. The zero-order chi connectivity index (χ0) is 21.4. The summed E-state index contributed by atoms with van der Waals surface area (Å²) in [6.45, 7) is 3.06. The van der Waals surface area contributed by atoms with E-state index in [0.717, 1.165) is 27.6 Å². The van der Waals surface area contributed by atoms with Gasteiger partial charge in [0.2, 0.25) is 11.7 Å². The molecule has 3 heterocycles. The van der Waals surface area contributed by atoms with Crippen LogP contribution in [0.5, 0.6) is 0 Å². The number of aromatic nitrogens is 4. The van der Waals surface area contributed by atoms with Gasteiger partial charge in [0.25, 0.3) is 5.91 Å². The summed E-state index contributed by atoms with van der Waals surface area (Å²) in [6, 6.07) is 10.5. The Kier molecular flexibility index (Phi) is 5.40. The predicted molar refractivity (Wildman–Crippen MR) is 122 cm³/mol. The van der Waals surface area contributed by atoms with Crippen LogP contribution in [0.3, 0.4) is 0 Å². The molecule has 0 aliphatic heterocycles. The van der Waals surface area contributed by atoms with Gasteiger partial charge in [-0.05, 0) is 44.0 Å². The third-order valence-electron chi connectivity index (χ3n) is 6.03. The van der Waals surface area contributed by atoms with Crippen LogP contribution in [0, 0.1) is 0 Å². The molecule has 160 valence electrons. The highest BCUT2D eigenvalue weighted by atomic mass is 79.9. The minimum absolute atomic E-state index is 0.136. The molecule has 1 aliphatic carbocycles. The largest absolute Gasteiger partial charge is 0.350 e. The summed E-state index contributed by atoms with van der Waals surface area (Å²) >= 11 is 3.61. The molecule has 4 aromatic rings. The maximum absolute atomic E-state index is 12.6. The number of benzene rings is 1. The van der Waals surface area contributed by atoms with Crippen molar-refractivity contribution in [3.63, 3.8) is 0 Å². The Morgan fingerprint density at radius 2 is 2.13 bits per heavy atom. The minimum Gasteiger partial charge on any atom is -0.350 e. The van der Waals surface area contributed by atoms with Crippen LogP contribution in [-0.2, 0) is 13.1 Å². The molecule has 1 aliphatic rings. The van der Waals surface area contributed by atoms with Crippen LogP contribution in [0.2, 0.25) is 0 Å². The first-order chi connectivity index (χ1) is 15.1. The van der Waals surface area contributed by atoms with Crippen molar-refractivity contribution in [2.45, 2.75) is 51.7 Å². The lowest BCUT2D eigenvalue weighted by Crippen LogP contribution is -2.22. The van der Waals surface area contributed by atoms with Crippen LogP contribution >= 0.6 is 15.9 Å². The van der Waals surface area contributed by atoms with E-state index < -0.39 is 0 Å². The van der Waals surface area contributed by atoms with Gasteiger partial charge in [-0.25, -0.2) is 0 Å². The summed E-state index contributed by atoms with van der Waals surface area (Å²) in [5.74, 6) is 0.759. The number of hydrogen-bond acceptors (Lipinski definition) is 4. The van der Waals surface area contributed by atoms with Crippen molar-refractivity contribution in [3.05, 3.63) is 58.7 Å². The fraction of sp³-hybridized carbons (Fsp3) is 0.348. The first-order valence-electron chi connectivity index (χ1n) is 10.7. The Hall–Kier alpha value is -2.87. The second kappa shape index (κ2) is 8.34. The van der Waals surface area contributed by atoms with E-state index in [9.17, 15) is 4.79 Å². The van der Waals surface area contributed by atoms with Crippen LogP contribution in [0.15, 0.2) is 51.7 Å². The monoisotopic (exact) mass is 481 g/mol. The van der Waals surface area contributed by atoms with E-state index >= 15 is 0 Å². The second-order valence-corrected chi connectivity index (χ2v) is 8.78. The van der Waals surface area contributed by atoms with Crippen molar-refractivity contribution >= 4 is 32.7 Å². The average molecular weight is 482 g/mol. The van der Waals surface area contributed by atoms with Crippen molar-refractivity contribution in [1.82, 2.24) is 24.6 Å². The van der Waals surface area contributed by atoms with Gasteiger partial charge in [0.1, 0.15) is 0 Å². The summed E-state index contributed by atoms with van der Waals surface area (Å²) in [5.41, 5.74) is 2.65. The van der Waals surface area contributed by atoms with Crippen molar-refractivity contribution in [2.24, 2.45) is 0 Å². The Balaban J connectivity index is 1.30. The van der Waals surface area contributed by atoms with Crippen molar-refractivity contribution in [1.29, 1.82) is 0 Å². The first kappa shape index (κ1) is 20.1. The molecule has 7 nitrogen and oxygen atoms in total. The molecule has 0 radical (unpaired) electrons. The van der Waals surface area contributed by atoms with Gasteiger partial charge in [-0.1, -0.05) is 40.0 Å². The highest BCUT2D eigenvalue weighted by Crippen LogP contribution is 2.32. The number of aryl methyl sites for hydroxylation is 1. The molecular formula is C23H24BrN5O2. The van der Waals surface area contributed by atoms with Crippen LogP contribution in [0.25, 0.3) is 22.4 Å². The highest BCUT2D eigenvalue weighted by molar-refractivity contribution is 9.10. The van der Waals surface area contributed by atoms with Gasteiger partial charge in [0, 0.05) is 40.4 Å². The molecule has 0 unspecified atom stereocenters. The molecule has 1 amide bonds. The van der Waals surface area contributed by atoms with Gasteiger partial charge in [-0.15, -0.1) is 0 Å². The van der Waals surface area contributed by atoms with Crippen molar-refractivity contribution in [2.75, 3.05) is 0 Å². The van der Waals surface area contributed by atoms with E-state index in [-0.39, 0.29) is 12.5 Å². The molecule has 0 saturated heterocycles. The third-order valence-corrected chi connectivity index (χ3v) is 6.72. The van der Waals surface area contributed by atoms with Crippen molar-refractivity contribution in [3.8, 4) is 11.5 Å². The molecule has 1 fully saturated rings. The number of rotatable bonds is 6. The number of nitrogens with one attached hydrogen (secondary N) is 1. The minimum atomic E-state index is -0.136. The number of carbonyl (C=O) groups is 1. The second-order valence-electron chi connectivity index (χ2n) is 7.93. The summed E-state index contributed by atoms with van der Waals surface area (Å²) in [4.78, 5) is 17.1. The SMILES string of the molecule is CCn1c(-c2noc(CNC(=O)c3ccn(C4CCCC4)c3)n2)cc2c(Br)cccc21. The van der Waals surface area contributed by atoms with Gasteiger partial charge in [0.15, 0.2) is 0 Å². The lowest BCUT2D eigenvalue weighted by molar-refractivity contribution is 0.0946. The first-order valence-corrected chi connectivity index (χ1v) is 11.5. The Bertz CT molecular complexity index is 1230. The number of fused-ring (bicyclic) bond motifs is 1. The molecule has 8 heteroatoms. The molecule has 1 N–H and O–H groups in total. The van der Waals surface area contributed by atoms with Crippen LogP contribution in [0.4, 0.5) is 0 Å². The quantitative estimate of drug-likeness (QED) is 0.404. The molecule has 1 saturated carbocycles. The van der Waals surface area contributed by atoms with E-state index in [4.69, 9.17) is 4.52 Å². The van der Waals surface area contributed by atoms with E-state index in [1.54, 1.807) is 0 Å². The average Bonchev–Trinajstić information content (AvgIpc) is 3.57. The molecular weight excluding hydrogens is 458 g/mol. The molecule has 0 spiro atoms. The van der Waals surface area contributed by atoms with Gasteiger partial charge in [-0.3, -0.25) is 4.79 Å². The predicted octanol–water partition coefficient (Wildman–Crippen LogP) is 5.32. The topological polar surface area (TPSA) is 77.9 Å². The fourth-order valence-corrected chi connectivity index (χ4v) is 4.91. The number of hydrogen-bond donors (Lipinski definition) is 1. The Morgan fingerprint density at radius 1 is 1.29 bits per heavy atom. The normalized spacial score (nSPS) is 14.5. The number of carbonyl (C=O) groups excluding carboxylic acids is 1. The van der Waals surface area contributed by atoms with Gasteiger partial charge in [-0.2, -0.15) is 4.98 Å². The van der Waals surface area contributed by atoms with E-state index in [0.29, 0.717) is 23.3 Å². The lowest BCUT2D eigenvalue weighted by Gasteiger charge is -2.10. The fourth-order valence-electron chi connectivity index (χ4n) is 4.44. The summed E-state index contributed by atoms with van der Waals surface area (Å²) in [6.07, 6.45) is 8.83. The molecule has 31 heavy (non-hydrogen) atoms. The van der Waals surface area contributed by atoms with Gasteiger partial charge >= 0.3 is 0 Å². The van der Waals surface area contributed by atoms with E-state index in [2.05, 4.69) is 59.6 Å². The van der Waals surface area contributed by atoms with Crippen LogP contribution in [0.1, 0.15) is 54.9 Å². The maximum Gasteiger partial charge on any atom is 0.253 e. The molecule has 5 rings (SSSR count).